The van der Waals surface area contributed by atoms with Gasteiger partial charge in [-0.2, -0.15) is 0 Å². The van der Waals surface area contributed by atoms with Gasteiger partial charge in [-0.1, -0.05) is 12.1 Å². The number of ether oxygens (including phenoxy) is 2. The van der Waals surface area contributed by atoms with Crippen molar-refractivity contribution in [3.8, 4) is 16.9 Å². The maximum Gasteiger partial charge on any atom is 0.310 e. The fourth-order valence-electron chi connectivity index (χ4n) is 3.97. The highest BCUT2D eigenvalue weighted by Gasteiger charge is 2.18. The monoisotopic (exact) mass is 524 g/mol. The molecule has 7 nitrogen and oxygen atoms in total. The van der Waals surface area contributed by atoms with Crippen molar-refractivity contribution in [1.82, 2.24) is 9.71 Å². The molecule has 2 heterocycles. The van der Waals surface area contributed by atoms with Crippen molar-refractivity contribution >= 4 is 28.3 Å². The first kappa shape index (κ1) is 26.7. The Bertz CT molecular complexity index is 1390. The first-order valence-corrected chi connectivity index (χ1v) is 13.3. The van der Waals surface area contributed by atoms with Crippen LogP contribution in [-0.2, 0) is 40.5 Å². The largest absolute Gasteiger partial charge is 0.598 e. The Balaban J connectivity index is 1.63. The molecule has 0 spiro atoms. The van der Waals surface area contributed by atoms with Gasteiger partial charge in [0.1, 0.15) is 23.7 Å². The molecule has 4 aromatic rings. The lowest BCUT2D eigenvalue weighted by Crippen LogP contribution is -2.25. The maximum absolute atomic E-state index is 15.5. The molecule has 1 atom stereocenters. The minimum atomic E-state index is -1.26. The Hall–Kier alpha value is -3.40. The summed E-state index contributed by atoms with van der Waals surface area (Å²) in [6.07, 6.45) is 3.19. The van der Waals surface area contributed by atoms with Crippen molar-refractivity contribution in [1.29, 1.82) is 0 Å². The molecule has 2 aromatic carbocycles. The lowest BCUT2D eigenvalue weighted by molar-refractivity contribution is -0.142. The summed E-state index contributed by atoms with van der Waals surface area (Å²) in [6.45, 7) is 6.05. The van der Waals surface area contributed by atoms with Gasteiger partial charge >= 0.3 is 5.97 Å². The highest BCUT2D eigenvalue weighted by atomic mass is 32.2. The molecule has 0 amide bonds. The molecule has 0 radical (unpaired) electrons. The molecule has 0 fully saturated rings. The van der Waals surface area contributed by atoms with Crippen molar-refractivity contribution < 1.29 is 27.6 Å². The number of halogens is 1. The molecule has 0 saturated heterocycles. The summed E-state index contributed by atoms with van der Waals surface area (Å²) in [4.78, 5) is 16.2. The minimum absolute atomic E-state index is 0.0425. The van der Waals surface area contributed by atoms with Gasteiger partial charge in [-0.15, -0.1) is 4.72 Å². The van der Waals surface area contributed by atoms with Crippen LogP contribution in [0.5, 0.6) is 5.75 Å². The van der Waals surface area contributed by atoms with Gasteiger partial charge in [0, 0.05) is 39.6 Å². The first-order valence-electron chi connectivity index (χ1n) is 12.0. The van der Waals surface area contributed by atoms with E-state index in [4.69, 9.17) is 13.9 Å². The summed E-state index contributed by atoms with van der Waals surface area (Å²) < 4.78 is 46.9. The zero-order valence-electron chi connectivity index (χ0n) is 21.0. The zero-order valence-corrected chi connectivity index (χ0v) is 21.8. The standard InChI is InChI=1S/C28H29FN2O5S/c1-4-34-26(32)15-20-7-6-18(3)12-25(20)36-17-19-13-21-9-11-35-28(21)23(14-19)22-8-10-30-24(27(22)29)16-31-37(33)5-2/h6-14,31H,4-5,15-17H2,1-3H3. The molecule has 1 unspecified atom stereocenters. The number of furan rings is 1. The molecule has 1 N–H and O–H groups in total. The van der Waals surface area contributed by atoms with Crippen molar-refractivity contribution in [3.63, 3.8) is 0 Å². The summed E-state index contributed by atoms with van der Waals surface area (Å²) in [6, 6.07) is 12.8. The Morgan fingerprint density at radius 2 is 2.00 bits per heavy atom. The molecular weight excluding hydrogens is 495 g/mol. The van der Waals surface area contributed by atoms with E-state index < -0.39 is 17.2 Å². The second-order valence-corrected chi connectivity index (χ2v) is 10.00. The molecule has 0 aliphatic rings. The van der Waals surface area contributed by atoms with Gasteiger partial charge < -0.3 is 18.4 Å². The minimum Gasteiger partial charge on any atom is -0.598 e. The number of benzene rings is 2. The van der Waals surface area contributed by atoms with E-state index in [-0.39, 0.29) is 31.2 Å². The maximum atomic E-state index is 15.5. The van der Waals surface area contributed by atoms with E-state index in [0.717, 1.165) is 22.1 Å². The number of carbonyl (C=O) groups excluding carboxylic acids is 1. The number of aryl methyl sites for hydroxylation is 1. The summed E-state index contributed by atoms with van der Waals surface area (Å²) in [7, 11) is 0. The average Bonchev–Trinajstić information content (AvgIpc) is 3.36. The molecule has 9 heteroatoms. The molecule has 0 aliphatic heterocycles. The van der Waals surface area contributed by atoms with Crippen LogP contribution >= 0.6 is 0 Å². The number of hydrogen-bond donors (Lipinski definition) is 1. The third-order valence-corrected chi connectivity index (χ3v) is 6.77. The van der Waals surface area contributed by atoms with E-state index in [2.05, 4.69) is 9.71 Å². The molecule has 4 rings (SSSR count). The van der Waals surface area contributed by atoms with Crippen LogP contribution in [0.15, 0.2) is 59.3 Å². The van der Waals surface area contributed by atoms with Crippen LogP contribution in [0.2, 0.25) is 0 Å². The average molecular weight is 525 g/mol. The number of carbonyl (C=O) groups is 1. The SMILES string of the molecule is CCOC(=O)Cc1ccc(C)cc1OCc1cc(-c2ccnc(CN[S+]([O-])CC)c2F)c2occc2c1. The summed E-state index contributed by atoms with van der Waals surface area (Å²) in [5, 5.41) is 0.801. The van der Waals surface area contributed by atoms with Crippen LogP contribution in [0.4, 0.5) is 4.39 Å². The molecular formula is C28H29FN2O5S. The van der Waals surface area contributed by atoms with E-state index in [0.29, 0.717) is 34.8 Å². The van der Waals surface area contributed by atoms with E-state index in [9.17, 15) is 9.35 Å². The van der Waals surface area contributed by atoms with Crippen LogP contribution in [-0.4, -0.2) is 27.9 Å². The highest BCUT2D eigenvalue weighted by molar-refractivity contribution is 7.89. The van der Waals surface area contributed by atoms with Gasteiger partial charge in [-0.3, -0.25) is 9.78 Å². The number of rotatable bonds is 11. The molecule has 194 valence electrons. The lowest BCUT2D eigenvalue weighted by atomic mass is 10.00. The predicted octanol–water partition coefficient (Wildman–Crippen LogP) is 5.40. The topological polar surface area (TPSA) is 96.7 Å². The second-order valence-electron chi connectivity index (χ2n) is 8.44. The van der Waals surface area contributed by atoms with Crippen LogP contribution < -0.4 is 9.46 Å². The fourth-order valence-corrected chi connectivity index (χ4v) is 4.47. The normalized spacial score (nSPS) is 12.0. The molecule has 37 heavy (non-hydrogen) atoms. The molecule has 0 aliphatic carbocycles. The summed E-state index contributed by atoms with van der Waals surface area (Å²) in [5.74, 6) is 0.182. The smallest absolute Gasteiger partial charge is 0.310 e. The van der Waals surface area contributed by atoms with Crippen LogP contribution in [0, 0.1) is 12.7 Å². The van der Waals surface area contributed by atoms with E-state index in [1.54, 1.807) is 26.2 Å². The number of esters is 1. The van der Waals surface area contributed by atoms with Gasteiger partial charge in [0.05, 0.1) is 31.5 Å². The second kappa shape index (κ2) is 12.2. The van der Waals surface area contributed by atoms with Crippen molar-refractivity contribution in [3.05, 3.63) is 83.1 Å². The Morgan fingerprint density at radius 3 is 2.78 bits per heavy atom. The van der Waals surface area contributed by atoms with Gasteiger partial charge in [0.2, 0.25) is 0 Å². The molecule has 2 aromatic heterocycles. The van der Waals surface area contributed by atoms with Crippen molar-refractivity contribution in [2.24, 2.45) is 0 Å². The quantitative estimate of drug-likeness (QED) is 0.207. The van der Waals surface area contributed by atoms with Crippen LogP contribution in [0.1, 0.15) is 36.2 Å². The Labute approximate surface area is 218 Å². The van der Waals surface area contributed by atoms with Gasteiger partial charge in [-0.05, 0) is 62.2 Å². The van der Waals surface area contributed by atoms with Crippen molar-refractivity contribution in [2.75, 3.05) is 12.4 Å². The summed E-state index contributed by atoms with van der Waals surface area (Å²) >= 11 is -1.26. The fraction of sp³-hybridized carbons (Fsp3) is 0.286. The Morgan fingerprint density at radius 1 is 1.16 bits per heavy atom. The van der Waals surface area contributed by atoms with E-state index in [1.807, 2.05) is 43.3 Å². The third kappa shape index (κ3) is 6.49. The van der Waals surface area contributed by atoms with Gasteiger partial charge in [0.25, 0.3) is 0 Å². The van der Waals surface area contributed by atoms with E-state index in [1.165, 1.54) is 6.20 Å². The highest BCUT2D eigenvalue weighted by Crippen LogP contribution is 2.34. The number of fused-ring (bicyclic) bond motifs is 1. The molecule has 0 bridgehead atoms. The van der Waals surface area contributed by atoms with Gasteiger partial charge in [-0.25, -0.2) is 4.39 Å². The number of nitrogens with zero attached hydrogens (tertiary/aromatic N) is 1. The van der Waals surface area contributed by atoms with E-state index >= 15 is 4.39 Å². The summed E-state index contributed by atoms with van der Waals surface area (Å²) in [5.41, 5.74) is 4.14. The lowest BCUT2D eigenvalue weighted by Gasteiger charge is -2.14. The number of pyridine rings is 1. The van der Waals surface area contributed by atoms with Crippen LogP contribution in [0.25, 0.3) is 22.1 Å². The first-order chi connectivity index (χ1) is 17.9. The van der Waals surface area contributed by atoms with Crippen molar-refractivity contribution in [2.45, 2.75) is 40.3 Å². The zero-order chi connectivity index (χ0) is 26.4. The molecule has 0 saturated carbocycles. The third-order valence-electron chi connectivity index (χ3n) is 5.78. The Kier molecular flexibility index (Phi) is 8.81. The van der Waals surface area contributed by atoms with Gasteiger partial charge in [0.15, 0.2) is 5.82 Å². The number of aromatic nitrogens is 1. The number of nitrogens with one attached hydrogen (secondary N) is 1. The number of hydrogen-bond acceptors (Lipinski definition) is 7. The predicted molar refractivity (Wildman–Crippen MR) is 141 cm³/mol. The van der Waals surface area contributed by atoms with Crippen LogP contribution in [0.3, 0.4) is 0 Å².